The van der Waals surface area contributed by atoms with Crippen molar-refractivity contribution in [2.75, 3.05) is 0 Å². The Morgan fingerprint density at radius 1 is 1.62 bits per heavy atom. The van der Waals surface area contributed by atoms with Gasteiger partial charge in [0.05, 0.1) is 0 Å². The van der Waals surface area contributed by atoms with Crippen LogP contribution < -0.4 is 0 Å². The lowest BCUT2D eigenvalue weighted by molar-refractivity contribution is 0.192. The molecule has 0 bridgehead atoms. The summed E-state index contributed by atoms with van der Waals surface area (Å²) in [5, 5.41) is 8.05. The summed E-state index contributed by atoms with van der Waals surface area (Å²) in [6, 6.07) is 1.60. The van der Waals surface area contributed by atoms with Crippen molar-refractivity contribution in [2.45, 2.75) is 25.4 Å². The van der Waals surface area contributed by atoms with Crippen molar-refractivity contribution in [3.05, 3.63) is 0 Å². The molecule has 1 rings (SSSR count). The first-order chi connectivity index (χ1) is 3.84. The Hall–Kier alpha value is -0.580. The van der Waals surface area contributed by atoms with Crippen molar-refractivity contribution in [1.29, 1.82) is 5.26 Å². The Morgan fingerprint density at radius 3 is 2.38 bits per heavy atom. The Labute approximate surface area is 48.1 Å². The van der Waals surface area contributed by atoms with Gasteiger partial charge in [-0.15, -0.1) is 0 Å². The first kappa shape index (κ1) is 5.55. The van der Waals surface area contributed by atoms with Crippen LogP contribution in [0.25, 0.3) is 0 Å². The third-order valence-electron chi connectivity index (χ3n) is 1.69. The maximum Gasteiger partial charge on any atom is 0.189 e. The second-order valence-corrected chi connectivity index (χ2v) is 2.22. The van der Waals surface area contributed by atoms with Gasteiger partial charge in [0.1, 0.15) is 6.07 Å². The second-order valence-electron chi connectivity index (χ2n) is 2.22. The molecule has 1 atom stereocenters. The van der Waals surface area contributed by atoms with Crippen LogP contribution in [0.4, 0.5) is 4.39 Å². The SMILES string of the molecule is N#CC(F)C1CCC1. The number of hydrogen-bond donors (Lipinski definition) is 0. The van der Waals surface area contributed by atoms with Crippen molar-refractivity contribution in [3.8, 4) is 6.07 Å². The van der Waals surface area contributed by atoms with E-state index in [4.69, 9.17) is 5.26 Å². The third-order valence-corrected chi connectivity index (χ3v) is 1.69. The molecule has 0 aromatic rings. The van der Waals surface area contributed by atoms with Gasteiger partial charge in [-0.1, -0.05) is 6.42 Å². The molecule has 1 unspecified atom stereocenters. The summed E-state index contributed by atoms with van der Waals surface area (Å²) in [6.07, 6.45) is 1.74. The van der Waals surface area contributed by atoms with Crippen LogP contribution in [0, 0.1) is 17.2 Å². The van der Waals surface area contributed by atoms with E-state index in [0.717, 1.165) is 19.3 Å². The molecular formula is C6H8FN. The third kappa shape index (κ3) is 0.812. The number of alkyl halides is 1. The van der Waals surface area contributed by atoms with Crippen LogP contribution in [0.3, 0.4) is 0 Å². The largest absolute Gasteiger partial charge is 0.231 e. The van der Waals surface area contributed by atoms with Gasteiger partial charge < -0.3 is 0 Å². The fourth-order valence-electron chi connectivity index (χ4n) is 0.838. The first-order valence-corrected chi connectivity index (χ1v) is 2.88. The Morgan fingerprint density at radius 2 is 2.25 bits per heavy atom. The number of hydrogen-bond acceptors (Lipinski definition) is 1. The predicted molar refractivity (Wildman–Crippen MR) is 27.8 cm³/mol. The average Bonchev–Trinajstić information content (AvgIpc) is 1.62. The lowest BCUT2D eigenvalue weighted by atomic mass is 9.82. The maximum atomic E-state index is 12.2. The van der Waals surface area contributed by atoms with Crippen LogP contribution in [-0.4, -0.2) is 6.17 Å². The quantitative estimate of drug-likeness (QED) is 0.507. The molecule has 1 nitrogen and oxygen atoms in total. The van der Waals surface area contributed by atoms with Crippen molar-refractivity contribution >= 4 is 0 Å². The summed E-state index contributed by atoms with van der Waals surface area (Å²) in [6.45, 7) is 0. The minimum atomic E-state index is -1.19. The molecule has 1 aliphatic rings. The number of rotatable bonds is 1. The molecule has 1 aliphatic carbocycles. The van der Waals surface area contributed by atoms with Crippen LogP contribution in [0.2, 0.25) is 0 Å². The fourth-order valence-corrected chi connectivity index (χ4v) is 0.838. The van der Waals surface area contributed by atoms with Gasteiger partial charge in [0, 0.05) is 5.92 Å². The molecule has 0 N–H and O–H groups in total. The van der Waals surface area contributed by atoms with Gasteiger partial charge in [0.2, 0.25) is 0 Å². The molecule has 0 amide bonds. The lowest BCUT2D eigenvalue weighted by Crippen LogP contribution is -2.21. The number of nitrogens with zero attached hydrogens (tertiary/aromatic N) is 1. The molecule has 1 fully saturated rings. The molecule has 0 aliphatic heterocycles. The minimum Gasteiger partial charge on any atom is -0.231 e. The summed E-state index contributed by atoms with van der Waals surface area (Å²) < 4.78 is 12.2. The molecule has 1 saturated carbocycles. The second kappa shape index (κ2) is 2.13. The summed E-state index contributed by atoms with van der Waals surface area (Å²) in [5.41, 5.74) is 0. The summed E-state index contributed by atoms with van der Waals surface area (Å²) in [4.78, 5) is 0. The van der Waals surface area contributed by atoms with E-state index in [1.165, 1.54) is 0 Å². The molecule has 0 aromatic carbocycles. The monoisotopic (exact) mass is 113 g/mol. The maximum absolute atomic E-state index is 12.2. The summed E-state index contributed by atoms with van der Waals surface area (Å²) in [5.74, 6) is 0.0694. The van der Waals surface area contributed by atoms with Gasteiger partial charge in [-0.2, -0.15) is 5.26 Å². The highest BCUT2D eigenvalue weighted by Gasteiger charge is 2.26. The molecule has 0 saturated heterocycles. The highest BCUT2D eigenvalue weighted by atomic mass is 19.1. The van der Waals surface area contributed by atoms with E-state index < -0.39 is 6.17 Å². The smallest absolute Gasteiger partial charge is 0.189 e. The van der Waals surface area contributed by atoms with Gasteiger partial charge in [0.15, 0.2) is 6.17 Å². The number of halogens is 1. The topological polar surface area (TPSA) is 23.8 Å². The van der Waals surface area contributed by atoms with E-state index in [2.05, 4.69) is 0 Å². The Bertz CT molecular complexity index is 112. The van der Waals surface area contributed by atoms with Crippen LogP contribution in [0.1, 0.15) is 19.3 Å². The van der Waals surface area contributed by atoms with E-state index in [1.54, 1.807) is 6.07 Å². The van der Waals surface area contributed by atoms with Gasteiger partial charge in [-0.25, -0.2) is 4.39 Å². The van der Waals surface area contributed by atoms with Crippen LogP contribution in [-0.2, 0) is 0 Å². The highest BCUT2D eigenvalue weighted by Crippen LogP contribution is 2.30. The molecule has 44 valence electrons. The van der Waals surface area contributed by atoms with Crippen molar-refractivity contribution in [2.24, 2.45) is 5.92 Å². The zero-order valence-corrected chi connectivity index (χ0v) is 4.60. The molecule has 0 aromatic heterocycles. The van der Waals surface area contributed by atoms with Gasteiger partial charge in [-0.05, 0) is 12.8 Å². The predicted octanol–water partition coefficient (Wildman–Crippen LogP) is 1.65. The van der Waals surface area contributed by atoms with Gasteiger partial charge in [-0.3, -0.25) is 0 Å². The molecular weight excluding hydrogens is 105 g/mol. The Kier molecular flexibility index (Phi) is 1.48. The lowest BCUT2D eigenvalue weighted by Gasteiger charge is -2.24. The fraction of sp³-hybridized carbons (Fsp3) is 0.833. The highest BCUT2D eigenvalue weighted by molar-refractivity contribution is 4.91. The zero-order valence-electron chi connectivity index (χ0n) is 4.60. The zero-order chi connectivity index (χ0) is 5.98. The van der Waals surface area contributed by atoms with Crippen LogP contribution in [0.15, 0.2) is 0 Å². The summed E-state index contributed by atoms with van der Waals surface area (Å²) in [7, 11) is 0. The molecule has 8 heavy (non-hydrogen) atoms. The first-order valence-electron chi connectivity index (χ1n) is 2.88. The van der Waals surface area contributed by atoms with Crippen LogP contribution in [0.5, 0.6) is 0 Å². The van der Waals surface area contributed by atoms with Gasteiger partial charge >= 0.3 is 0 Å². The Balaban J connectivity index is 2.26. The summed E-state index contributed by atoms with van der Waals surface area (Å²) >= 11 is 0. The van der Waals surface area contributed by atoms with Crippen molar-refractivity contribution in [3.63, 3.8) is 0 Å². The minimum absolute atomic E-state index is 0.0694. The van der Waals surface area contributed by atoms with E-state index >= 15 is 0 Å². The standard InChI is InChI=1S/C6H8FN/c7-6(4-8)5-2-1-3-5/h5-6H,1-3H2. The molecule has 2 heteroatoms. The number of nitriles is 1. The van der Waals surface area contributed by atoms with E-state index in [1.807, 2.05) is 0 Å². The molecule has 0 heterocycles. The van der Waals surface area contributed by atoms with Crippen molar-refractivity contribution < 1.29 is 4.39 Å². The normalized spacial score (nSPS) is 23.5. The average molecular weight is 113 g/mol. The van der Waals surface area contributed by atoms with E-state index in [9.17, 15) is 4.39 Å². The molecule has 0 radical (unpaired) electrons. The molecule has 0 spiro atoms. The van der Waals surface area contributed by atoms with E-state index in [-0.39, 0.29) is 5.92 Å². The van der Waals surface area contributed by atoms with Crippen molar-refractivity contribution in [1.82, 2.24) is 0 Å². The van der Waals surface area contributed by atoms with E-state index in [0.29, 0.717) is 0 Å². The van der Waals surface area contributed by atoms with Gasteiger partial charge in [0.25, 0.3) is 0 Å². The van der Waals surface area contributed by atoms with Crippen LogP contribution >= 0.6 is 0 Å².